The first kappa shape index (κ1) is 11.7. The van der Waals surface area contributed by atoms with E-state index in [1.807, 2.05) is 0 Å². The maximum Gasteiger partial charge on any atom is 0.0224 e. The van der Waals surface area contributed by atoms with E-state index in [9.17, 15) is 0 Å². The molecule has 0 amide bonds. The molecular weight excluding hydrogens is 208 g/mol. The summed E-state index contributed by atoms with van der Waals surface area (Å²) in [6, 6.07) is 1.79. The van der Waals surface area contributed by atoms with Gasteiger partial charge in [0, 0.05) is 25.2 Å². The van der Waals surface area contributed by atoms with Crippen molar-refractivity contribution in [3.05, 3.63) is 0 Å². The summed E-state index contributed by atoms with van der Waals surface area (Å²) < 4.78 is 0. The Morgan fingerprint density at radius 2 is 1.93 bits per heavy atom. The lowest BCUT2D eigenvalue weighted by Crippen LogP contribution is -2.39. The molecule has 4 atom stereocenters. The van der Waals surface area contributed by atoms with E-state index in [1.54, 1.807) is 0 Å². The Balaban J connectivity index is 0.000000853. The molecule has 0 aromatic carbocycles. The SMILES string of the molecule is CC1CC1CN1C2CCNCC1CC2.Cl. The smallest absolute Gasteiger partial charge is 0.0224 e. The Bertz CT molecular complexity index is 208. The maximum atomic E-state index is 3.57. The van der Waals surface area contributed by atoms with Crippen molar-refractivity contribution >= 4 is 12.4 Å². The lowest BCUT2D eigenvalue weighted by Gasteiger charge is -2.27. The summed E-state index contributed by atoms with van der Waals surface area (Å²) in [7, 11) is 0. The number of nitrogens with zero attached hydrogens (tertiary/aromatic N) is 1. The molecule has 0 aromatic rings. The number of hydrogen-bond acceptors (Lipinski definition) is 2. The predicted molar refractivity (Wildman–Crippen MR) is 65.5 cm³/mol. The van der Waals surface area contributed by atoms with Gasteiger partial charge in [0.05, 0.1) is 0 Å². The van der Waals surface area contributed by atoms with Crippen molar-refractivity contribution in [2.24, 2.45) is 11.8 Å². The summed E-state index contributed by atoms with van der Waals surface area (Å²) in [6.45, 7) is 6.30. The third kappa shape index (κ3) is 2.32. The minimum absolute atomic E-state index is 0. The molecule has 1 aliphatic carbocycles. The van der Waals surface area contributed by atoms with Gasteiger partial charge in [0.15, 0.2) is 0 Å². The van der Waals surface area contributed by atoms with Crippen molar-refractivity contribution in [3.63, 3.8) is 0 Å². The summed E-state index contributed by atoms with van der Waals surface area (Å²) in [5, 5.41) is 3.57. The number of hydrogen-bond donors (Lipinski definition) is 1. The molecule has 2 heterocycles. The van der Waals surface area contributed by atoms with E-state index < -0.39 is 0 Å². The average Bonchev–Trinajstić information content (AvgIpc) is 2.72. The predicted octanol–water partition coefficient (Wildman–Crippen LogP) is 1.89. The molecule has 3 fully saturated rings. The summed E-state index contributed by atoms with van der Waals surface area (Å²) >= 11 is 0. The molecule has 2 nitrogen and oxygen atoms in total. The quantitative estimate of drug-likeness (QED) is 0.780. The Hall–Kier alpha value is 0.210. The lowest BCUT2D eigenvalue weighted by molar-refractivity contribution is 0.191. The highest BCUT2D eigenvalue weighted by Crippen LogP contribution is 2.41. The Morgan fingerprint density at radius 1 is 1.20 bits per heavy atom. The molecule has 1 N–H and O–H groups in total. The van der Waals surface area contributed by atoms with Crippen molar-refractivity contribution in [2.75, 3.05) is 19.6 Å². The third-order valence-electron chi connectivity index (χ3n) is 4.53. The molecule has 2 bridgehead atoms. The van der Waals surface area contributed by atoms with Crippen molar-refractivity contribution in [2.45, 2.75) is 44.7 Å². The van der Waals surface area contributed by atoms with E-state index in [1.165, 1.54) is 45.3 Å². The fraction of sp³-hybridized carbons (Fsp3) is 1.00. The van der Waals surface area contributed by atoms with Gasteiger partial charge in [0.1, 0.15) is 0 Å². The number of fused-ring (bicyclic) bond motifs is 2. The van der Waals surface area contributed by atoms with Gasteiger partial charge in [-0.1, -0.05) is 6.92 Å². The largest absolute Gasteiger partial charge is 0.315 e. The van der Waals surface area contributed by atoms with E-state index in [2.05, 4.69) is 17.1 Å². The number of nitrogens with one attached hydrogen (secondary N) is 1. The van der Waals surface area contributed by atoms with Crippen LogP contribution < -0.4 is 5.32 Å². The zero-order valence-electron chi connectivity index (χ0n) is 9.61. The van der Waals surface area contributed by atoms with Crippen LogP contribution in [0, 0.1) is 11.8 Å². The van der Waals surface area contributed by atoms with Gasteiger partial charge in [-0.05, 0) is 44.1 Å². The Labute approximate surface area is 99.2 Å². The van der Waals surface area contributed by atoms with E-state index in [0.717, 1.165) is 23.9 Å². The second-order valence-corrected chi connectivity index (χ2v) is 5.55. The zero-order valence-corrected chi connectivity index (χ0v) is 10.4. The van der Waals surface area contributed by atoms with Crippen LogP contribution in [-0.4, -0.2) is 36.6 Å². The van der Waals surface area contributed by atoms with Crippen LogP contribution in [0.4, 0.5) is 0 Å². The number of halogens is 1. The number of rotatable bonds is 2. The monoisotopic (exact) mass is 230 g/mol. The minimum Gasteiger partial charge on any atom is -0.315 e. The van der Waals surface area contributed by atoms with Gasteiger partial charge in [0.25, 0.3) is 0 Å². The standard InChI is InChI=1S/C12H22N2.ClH/c1-9-6-10(9)8-14-11-2-3-12(14)7-13-5-4-11;/h9-13H,2-8H2,1H3;1H. The molecule has 3 aliphatic rings. The van der Waals surface area contributed by atoms with Gasteiger partial charge in [-0.3, -0.25) is 4.90 Å². The van der Waals surface area contributed by atoms with Crippen molar-refractivity contribution in [1.29, 1.82) is 0 Å². The Kier molecular flexibility index (Phi) is 3.59. The van der Waals surface area contributed by atoms with Crippen molar-refractivity contribution < 1.29 is 0 Å². The topological polar surface area (TPSA) is 15.3 Å². The fourth-order valence-electron chi connectivity index (χ4n) is 3.30. The molecule has 4 unspecified atom stereocenters. The van der Waals surface area contributed by atoms with Crippen LogP contribution in [0.5, 0.6) is 0 Å². The highest BCUT2D eigenvalue weighted by atomic mass is 35.5. The van der Waals surface area contributed by atoms with Crippen molar-refractivity contribution in [1.82, 2.24) is 10.2 Å². The first-order valence-electron chi connectivity index (χ1n) is 6.31. The van der Waals surface area contributed by atoms with E-state index in [-0.39, 0.29) is 12.4 Å². The fourth-order valence-corrected chi connectivity index (χ4v) is 3.30. The molecular formula is C12H23ClN2. The minimum atomic E-state index is 0. The first-order chi connectivity index (χ1) is 6.84. The lowest BCUT2D eigenvalue weighted by atomic mass is 10.1. The molecule has 3 heteroatoms. The molecule has 88 valence electrons. The van der Waals surface area contributed by atoms with Crippen LogP contribution in [-0.2, 0) is 0 Å². The summed E-state index contributed by atoms with van der Waals surface area (Å²) in [6.07, 6.45) is 5.78. The average molecular weight is 231 g/mol. The second kappa shape index (κ2) is 4.60. The molecule has 1 saturated carbocycles. The van der Waals surface area contributed by atoms with Gasteiger partial charge in [-0.25, -0.2) is 0 Å². The Morgan fingerprint density at radius 3 is 2.67 bits per heavy atom. The van der Waals surface area contributed by atoms with Gasteiger partial charge >= 0.3 is 0 Å². The maximum absolute atomic E-state index is 3.57. The zero-order chi connectivity index (χ0) is 9.54. The van der Waals surface area contributed by atoms with Crippen LogP contribution in [0.15, 0.2) is 0 Å². The molecule has 0 aromatic heterocycles. The molecule has 15 heavy (non-hydrogen) atoms. The molecule has 3 rings (SSSR count). The summed E-state index contributed by atoms with van der Waals surface area (Å²) in [4.78, 5) is 2.83. The van der Waals surface area contributed by atoms with E-state index in [4.69, 9.17) is 0 Å². The van der Waals surface area contributed by atoms with Gasteiger partial charge in [-0.15, -0.1) is 12.4 Å². The van der Waals surface area contributed by atoms with Crippen LogP contribution in [0.25, 0.3) is 0 Å². The normalized spacial score (nSPS) is 44.6. The summed E-state index contributed by atoms with van der Waals surface area (Å²) in [5.41, 5.74) is 0. The molecule has 2 saturated heterocycles. The first-order valence-corrected chi connectivity index (χ1v) is 6.31. The third-order valence-corrected chi connectivity index (χ3v) is 4.53. The van der Waals surface area contributed by atoms with E-state index in [0.29, 0.717) is 0 Å². The van der Waals surface area contributed by atoms with Gasteiger partial charge in [-0.2, -0.15) is 0 Å². The summed E-state index contributed by atoms with van der Waals surface area (Å²) in [5.74, 6) is 2.06. The van der Waals surface area contributed by atoms with E-state index >= 15 is 0 Å². The molecule has 0 radical (unpaired) electrons. The van der Waals surface area contributed by atoms with Crippen molar-refractivity contribution in [3.8, 4) is 0 Å². The highest BCUT2D eigenvalue weighted by Gasteiger charge is 2.40. The van der Waals surface area contributed by atoms with Gasteiger partial charge in [0.2, 0.25) is 0 Å². The van der Waals surface area contributed by atoms with Crippen LogP contribution in [0.1, 0.15) is 32.6 Å². The second-order valence-electron chi connectivity index (χ2n) is 5.55. The molecule has 0 spiro atoms. The van der Waals surface area contributed by atoms with Gasteiger partial charge < -0.3 is 5.32 Å². The van der Waals surface area contributed by atoms with Crippen LogP contribution in [0.2, 0.25) is 0 Å². The van der Waals surface area contributed by atoms with Crippen LogP contribution in [0.3, 0.4) is 0 Å². The molecule has 2 aliphatic heterocycles. The van der Waals surface area contributed by atoms with Crippen LogP contribution >= 0.6 is 12.4 Å². The highest BCUT2D eigenvalue weighted by molar-refractivity contribution is 5.85.